The predicted octanol–water partition coefficient (Wildman–Crippen LogP) is -1.53. The highest BCUT2D eigenvalue weighted by atomic mass is 16.7. The summed E-state index contributed by atoms with van der Waals surface area (Å²) in [4.78, 5) is 0. The van der Waals surface area contributed by atoms with E-state index < -0.39 is 24.6 Å². The largest absolute Gasteiger partial charge is 0.387 e. The molecule has 3 N–H and O–H groups in total. The molecule has 2 bridgehead atoms. The van der Waals surface area contributed by atoms with E-state index in [0.717, 1.165) is 6.42 Å². The molecule has 5 unspecified atom stereocenters. The van der Waals surface area contributed by atoms with E-state index in [2.05, 4.69) is 5.32 Å². The van der Waals surface area contributed by atoms with Gasteiger partial charge in [0, 0.05) is 26.8 Å². The lowest BCUT2D eigenvalue weighted by Gasteiger charge is -2.41. The third kappa shape index (κ3) is 3.85. The van der Waals surface area contributed by atoms with Crippen molar-refractivity contribution in [1.82, 2.24) is 5.32 Å². The first-order valence-corrected chi connectivity index (χ1v) is 6.68. The van der Waals surface area contributed by atoms with E-state index in [1.165, 1.54) is 0 Å². The van der Waals surface area contributed by atoms with Gasteiger partial charge in [0.2, 0.25) is 0 Å². The van der Waals surface area contributed by atoms with Crippen LogP contribution in [0.2, 0.25) is 0 Å². The summed E-state index contributed by atoms with van der Waals surface area (Å²) in [5.74, 6) is 0. The van der Waals surface area contributed by atoms with Gasteiger partial charge in [0.25, 0.3) is 0 Å². The highest BCUT2D eigenvalue weighted by molar-refractivity contribution is 4.92. The zero-order valence-electron chi connectivity index (χ0n) is 11.2. The minimum absolute atomic E-state index is 0.349. The van der Waals surface area contributed by atoms with Gasteiger partial charge in [0.1, 0.15) is 24.4 Å². The quantitative estimate of drug-likeness (QED) is 0.526. The van der Waals surface area contributed by atoms with Gasteiger partial charge in [-0.3, -0.25) is 0 Å². The lowest BCUT2D eigenvalue weighted by atomic mass is 9.98. The summed E-state index contributed by atoms with van der Waals surface area (Å²) in [7, 11) is 1.64. The van der Waals surface area contributed by atoms with Crippen LogP contribution in [0.25, 0.3) is 0 Å². The Bertz CT molecular complexity index is 265. The smallest absolute Gasteiger partial charge is 0.186 e. The highest BCUT2D eigenvalue weighted by Gasteiger charge is 2.46. The molecule has 112 valence electrons. The molecule has 3 aliphatic rings. The van der Waals surface area contributed by atoms with Gasteiger partial charge in [-0.1, -0.05) is 0 Å². The number of hydrogen-bond acceptors (Lipinski definition) is 7. The predicted molar refractivity (Wildman–Crippen MR) is 65.7 cm³/mol. The number of ether oxygens (including phenoxy) is 4. The topological polar surface area (TPSA) is 89.4 Å². The van der Waals surface area contributed by atoms with Crippen LogP contribution in [-0.4, -0.2) is 80.9 Å². The van der Waals surface area contributed by atoms with Crippen LogP contribution in [0.1, 0.15) is 6.42 Å². The Morgan fingerprint density at radius 3 is 2.79 bits per heavy atom. The molecule has 3 saturated heterocycles. The van der Waals surface area contributed by atoms with Crippen molar-refractivity contribution in [3.05, 3.63) is 0 Å². The Labute approximate surface area is 112 Å². The summed E-state index contributed by atoms with van der Waals surface area (Å²) in [6.45, 7) is 2.73. The average Bonchev–Trinajstić information content (AvgIpc) is 2.55. The molecule has 19 heavy (non-hydrogen) atoms. The number of aliphatic hydroxyl groups is 2. The molecule has 7 heteroatoms. The van der Waals surface area contributed by atoms with Gasteiger partial charge in [0.05, 0.1) is 13.2 Å². The third-order valence-electron chi connectivity index (χ3n) is 3.35. The first-order chi connectivity index (χ1) is 9.24. The zero-order chi connectivity index (χ0) is 13.7. The Balaban J connectivity index is 1.94. The van der Waals surface area contributed by atoms with Crippen molar-refractivity contribution in [2.24, 2.45) is 0 Å². The number of aliphatic hydroxyl groups excluding tert-OH is 2. The Morgan fingerprint density at radius 2 is 2.00 bits per heavy atom. The summed E-state index contributed by atoms with van der Waals surface area (Å²) >= 11 is 0. The molecule has 0 spiro atoms. The van der Waals surface area contributed by atoms with Gasteiger partial charge in [-0.05, 0) is 6.42 Å². The van der Waals surface area contributed by atoms with E-state index in [-0.39, 0.29) is 6.10 Å². The molecular formula is C12H23NO6. The van der Waals surface area contributed by atoms with Crippen molar-refractivity contribution in [1.29, 1.82) is 0 Å². The Hall–Kier alpha value is -0.280. The summed E-state index contributed by atoms with van der Waals surface area (Å²) in [6, 6.07) is 0. The normalized spacial score (nSPS) is 39.6. The number of methoxy groups -OCH3 is 1. The van der Waals surface area contributed by atoms with Crippen molar-refractivity contribution in [3.8, 4) is 0 Å². The first kappa shape index (κ1) is 15.1. The fourth-order valence-corrected chi connectivity index (χ4v) is 2.31. The van der Waals surface area contributed by atoms with Gasteiger partial charge < -0.3 is 34.5 Å². The maximum Gasteiger partial charge on any atom is 0.186 e. The third-order valence-corrected chi connectivity index (χ3v) is 3.35. The highest BCUT2D eigenvalue weighted by Crippen LogP contribution is 2.25. The van der Waals surface area contributed by atoms with Crippen molar-refractivity contribution in [2.75, 3.05) is 40.0 Å². The molecule has 3 rings (SSSR count). The fourth-order valence-electron chi connectivity index (χ4n) is 2.31. The molecule has 0 amide bonds. The number of fused-ring (bicyclic) bond motifs is 6. The van der Waals surface area contributed by atoms with Crippen molar-refractivity contribution >= 4 is 0 Å². The minimum Gasteiger partial charge on any atom is -0.387 e. The van der Waals surface area contributed by atoms with Gasteiger partial charge in [0.15, 0.2) is 6.29 Å². The summed E-state index contributed by atoms with van der Waals surface area (Å²) in [6.07, 6.45) is -3.02. The van der Waals surface area contributed by atoms with Gasteiger partial charge in [-0.15, -0.1) is 0 Å². The van der Waals surface area contributed by atoms with Crippen LogP contribution in [0.5, 0.6) is 0 Å². The molecule has 0 aromatic heterocycles. The summed E-state index contributed by atoms with van der Waals surface area (Å²) < 4.78 is 21.7. The molecule has 0 saturated carbocycles. The summed E-state index contributed by atoms with van der Waals surface area (Å²) in [5.41, 5.74) is 0. The second-order valence-corrected chi connectivity index (χ2v) is 4.78. The van der Waals surface area contributed by atoms with Crippen LogP contribution in [0.4, 0.5) is 0 Å². The number of rotatable bonds is 5. The zero-order valence-corrected chi connectivity index (χ0v) is 11.2. The second kappa shape index (κ2) is 7.49. The Morgan fingerprint density at radius 1 is 1.21 bits per heavy atom. The second-order valence-electron chi connectivity index (χ2n) is 4.78. The van der Waals surface area contributed by atoms with E-state index in [1.807, 2.05) is 0 Å². The van der Waals surface area contributed by atoms with Gasteiger partial charge in [-0.2, -0.15) is 0 Å². The Kier molecular flexibility index (Phi) is 5.96. The standard InChI is InChI=1S/C12H23NO6/c1-16-6-3-13-7-8-11-9(14)10(15)12(19-8)18-5-2-4-17-11/h8-15H,2-7H2,1H3. The van der Waals surface area contributed by atoms with Crippen LogP contribution < -0.4 is 5.32 Å². The van der Waals surface area contributed by atoms with Crippen LogP contribution in [0.15, 0.2) is 0 Å². The van der Waals surface area contributed by atoms with Crippen LogP contribution in [0.3, 0.4) is 0 Å². The fraction of sp³-hybridized carbons (Fsp3) is 1.00. The van der Waals surface area contributed by atoms with Crippen molar-refractivity contribution < 1.29 is 29.2 Å². The summed E-state index contributed by atoms with van der Waals surface area (Å²) in [5, 5.41) is 23.2. The molecule has 0 radical (unpaired) electrons. The molecular weight excluding hydrogens is 254 g/mol. The van der Waals surface area contributed by atoms with Gasteiger partial charge in [-0.25, -0.2) is 0 Å². The molecule has 3 fully saturated rings. The molecule has 0 aliphatic carbocycles. The molecule has 7 nitrogen and oxygen atoms in total. The molecule has 3 aliphatic heterocycles. The maximum atomic E-state index is 10.1. The van der Waals surface area contributed by atoms with Crippen LogP contribution in [-0.2, 0) is 18.9 Å². The van der Waals surface area contributed by atoms with Crippen molar-refractivity contribution in [3.63, 3.8) is 0 Å². The van der Waals surface area contributed by atoms with E-state index in [1.54, 1.807) is 7.11 Å². The lowest BCUT2D eigenvalue weighted by Crippen LogP contribution is -2.60. The van der Waals surface area contributed by atoms with E-state index >= 15 is 0 Å². The average molecular weight is 277 g/mol. The molecule has 0 aromatic rings. The van der Waals surface area contributed by atoms with E-state index in [9.17, 15) is 10.2 Å². The monoisotopic (exact) mass is 277 g/mol. The molecule has 3 heterocycles. The minimum atomic E-state index is -1.07. The SMILES string of the molecule is COCCNCC1OC2OCCCOC1C(O)C2O. The van der Waals surface area contributed by atoms with Crippen LogP contribution >= 0.6 is 0 Å². The maximum absolute atomic E-state index is 10.1. The van der Waals surface area contributed by atoms with Gasteiger partial charge >= 0.3 is 0 Å². The molecule has 0 aromatic carbocycles. The van der Waals surface area contributed by atoms with E-state index in [4.69, 9.17) is 18.9 Å². The molecule has 5 atom stereocenters. The van der Waals surface area contributed by atoms with Crippen LogP contribution in [0, 0.1) is 0 Å². The van der Waals surface area contributed by atoms with E-state index in [0.29, 0.717) is 32.9 Å². The lowest BCUT2D eigenvalue weighted by molar-refractivity contribution is -0.292. The number of nitrogens with one attached hydrogen (secondary N) is 1. The van der Waals surface area contributed by atoms with Crippen molar-refractivity contribution in [2.45, 2.75) is 37.1 Å². The number of hydrogen-bond donors (Lipinski definition) is 3. The first-order valence-electron chi connectivity index (χ1n) is 6.68.